The lowest BCUT2D eigenvalue weighted by Gasteiger charge is -2.36. The topological polar surface area (TPSA) is 91.8 Å². The van der Waals surface area contributed by atoms with Gasteiger partial charge in [-0.15, -0.1) is 0 Å². The van der Waals surface area contributed by atoms with Gasteiger partial charge >= 0.3 is 30.6 Å². The Balaban J connectivity index is 2.09. The number of ether oxygens (including phenoxy) is 1. The number of alkyl halides is 11. The molecule has 1 unspecified atom stereocenters. The third kappa shape index (κ3) is 6.63. The van der Waals surface area contributed by atoms with Crippen molar-refractivity contribution in [2.75, 3.05) is 10.4 Å². The zero-order valence-electron chi connectivity index (χ0n) is 21.1. The first-order valence-electron chi connectivity index (χ1n) is 11.3. The van der Waals surface area contributed by atoms with Gasteiger partial charge in [-0.25, -0.2) is 13.8 Å². The van der Waals surface area contributed by atoms with E-state index < -0.39 is 98.5 Å². The number of carbonyl (C=O) groups excluding carboxylic acids is 2. The van der Waals surface area contributed by atoms with Crippen molar-refractivity contribution in [2.24, 2.45) is 0 Å². The predicted molar refractivity (Wildman–Crippen MR) is 128 cm³/mol. The van der Waals surface area contributed by atoms with Crippen molar-refractivity contribution in [3.63, 3.8) is 0 Å². The monoisotopic (exact) mass is 731 g/mol. The molecule has 1 aromatic heterocycles. The van der Waals surface area contributed by atoms with Crippen molar-refractivity contribution < 1.29 is 76.6 Å². The van der Waals surface area contributed by atoms with E-state index in [1.807, 2.05) is 0 Å². The molecule has 3 rings (SSSR count). The van der Waals surface area contributed by atoms with Gasteiger partial charge in [-0.2, -0.15) is 53.4 Å². The second-order valence-electron chi connectivity index (χ2n) is 8.52. The molecule has 1 atom stereocenters. The molecule has 21 heteroatoms. The van der Waals surface area contributed by atoms with E-state index in [4.69, 9.17) is 0 Å². The van der Waals surface area contributed by atoms with Crippen LogP contribution in [0.4, 0.5) is 68.5 Å². The lowest BCUT2D eigenvalue weighted by atomic mass is 9.87. The summed E-state index contributed by atoms with van der Waals surface area (Å²) in [7, 11) is 0. The van der Waals surface area contributed by atoms with Gasteiger partial charge in [-0.05, 0) is 52.3 Å². The van der Waals surface area contributed by atoms with Crippen LogP contribution in [0.3, 0.4) is 0 Å². The molecular weight excluding hydrogens is 721 g/mol. The Hall–Kier alpha value is -4.14. The van der Waals surface area contributed by atoms with Gasteiger partial charge in [0, 0.05) is 16.2 Å². The molecule has 0 bridgehead atoms. The SMILES string of the molecule is O=C(Nc1c(Br)cc(C(F)(C(F)(F)F)C(F)(F)C(F)(F)F)cc1OC(F)F)c1cccc(N(O)C(=O)c2ccc(F)nc2)c1F. The summed E-state index contributed by atoms with van der Waals surface area (Å²) < 4.78 is 179. The Morgan fingerprint density at radius 1 is 0.933 bits per heavy atom. The van der Waals surface area contributed by atoms with E-state index in [1.165, 1.54) is 0 Å². The first kappa shape index (κ1) is 35.3. The van der Waals surface area contributed by atoms with Gasteiger partial charge in [0.05, 0.1) is 16.8 Å². The fourth-order valence-corrected chi connectivity index (χ4v) is 4.12. The summed E-state index contributed by atoms with van der Waals surface area (Å²) in [5, 5.41) is 11.5. The van der Waals surface area contributed by atoms with E-state index in [2.05, 4.69) is 25.7 Å². The van der Waals surface area contributed by atoms with Gasteiger partial charge in [0.15, 0.2) is 11.6 Å². The molecule has 2 aromatic carbocycles. The normalized spacial score (nSPS) is 13.8. The standard InChI is InChI=1S/C24H11BrF13N3O4/c25-12-6-10(21(30,23(33,34)35)22(31,32)24(36,37)38)7-14(45-20(28)29)17(12)40-18(42)11-2-1-3-13(16(11)27)41(44)19(43)9-4-5-15(26)39-8-9/h1-8,20,44H,(H,40,42). The zero-order chi connectivity index (χ0) is 34.3. The molecule has 1 heterocycles. The van der Waals surface area contributed by atoms with Gasteiger partial charge < -0.3 is 10.1 Å². The number of aromatic nitrogens is 1. The number of pyridine rings is 1. The molecular formula is C24H11BrF13N3O4. The van der Waals surface area contributed by atoms with Crippen LogP contribution in [0.25, 0.3) is 0 Å². The molecule has 0 spiro atoms. The quantitative estimate of drug-likeness (QED) is 0.106. The van der Waals surface area contributed by atoms with Crippen LogP contribution >= 0.6 is 15.9 Å². The third-order valence-electron chi connectivity index (χ3n) is 5.70. The fourth-order valence-electron chi connectivity index (χ4n) is 3.58. The molecule has 0 aliphatic rings. The molecule has 7 nitrogen and oxygen atoms in total. The Bertz CT molecular complexity index is 1600. The Morgan fingerprint density at radius 2 is 1.56 bits per heavy atom. The maximum absolute atomic E-state index is 15.2. The van der Waals surface area contributed by atoms with E-state index >= 15 is 4.39 Å². The van der Waals surface area contributed by atoms with Gasteiger partial charge in [0.25, 0.3) is 11.8 Å². The number of nitrogens with one attached hydrogen (secondary N) is 1. The Morgan fingerprint density at radius 3 is 2.07 bits per heavy atom. The Labute approximate surface area is 249 Å². The minimum Gasteiger partial charge on any atom is -0.433 e. The van der Waals surface area contributed by atoms with Crippen LogP contribution in [-0.4, -0.2) is 46.9 Å². The van der Waals surface area contributed by atoms with E-state index in [0.717, 1.165) is 18.2 Å². The van der Waals surface area contributed by atoms with E-state index in [0.29, 0.717) is 18.3 Å². The van der Waals surface area contributed by atoms with Crippen molar-refractivity contribution in [3.05, 3.63) is 81.6 Å². The minimum atomic E-state index is -7.19. The number of anilines is 2. The van der Waals surface area contributed by atoms with Crippen molar-refractivity contribution in [2.45, 2.75) is 30.6 Å². The second kappa shape index (κ2) is 12.3. The summed E-state index contributed by atoms with van der Waals surface area (Å²) in [6.07, 6.45) is -13.5. The number of hydroxylamine groups is 1. The lowest BCUT2D eigenvalue weighted by Crippen LogP contribution is -2.59. The number of benzene rings is 2. The number of hydrogen-bond acceptors (Lipinski definition) is 5. The van der Waals surface area contributed by atoms with Gasteiger partial charge in [-0.3, -0.25) is 14.8 Å². The highest BCUT2D eigenvalue weighted by molar-refractivity contribution is 9.10. The molecule has 2 N–H and O–H groups in total. The summed E-state index contributed by atoms with van der Waals surface area (Å²) in [5.74, 6) is -14.8. The molecule has 0 aliphatic heterocycles. The predicted octanol–water partition coefficient (Wildman–Crippen LogP) is 7.94. The van der Waals surface area contributed by atoms with Crippen LogP contribution in [0.1, 0.15) is 26.3 Å². The van der Waals surface area contributed by atoms with Crippen LogP contribution in [0.15, 0.2) is 53.1 Å². The van der Waals surface area contributed by atoms with Crippen LogP contribution in [0.5, 0.6) is 5.75 Å². The van der Waals surface area contributed by atoms with Crippen molar-refractivity contribution in [1.82, 2.24) is 4.98 Å². The molecule has 0 radical (unpaired) electrons. The van der Waals surface area contributed by atoms with Crippen LogP contribution in [-0.2, 0) is 5.67 Å². The van der Waals surface area contributed by atoms with Crippen LogP contribution < -0.4 is 15.1 Å². The molecule has 0 aliphatic carbocycles. The molecule has 0 saturated heterocycles. The molecule has 244 valence electrons. The maximum atomic E-state index is 15.2. The van der Waals surface area contributed by atoms with Crippen molar-refractivity contribution in [3.8, 4) is 5.75 Å². The highest BCUT2D eigenvalue weighted by Crippen LogP contribution is 2.59. The zero-order valence-corrected chi connectivity index (χ0v) is 22.6. The summed E-state index contributed by atoms with van der Waals surface area (Å²) in [5.41, 5.74) is -13.1. The first-order valence-corrected chi connectivity index (χ1v) is 12.1. The highest BCUT2D eigenvalue weighted by atomic mass is 79.9. The number of rotatable bonds is 8. The van der Waals surface area contributed by atoms with Gasteiger partial charge in [0.1, 0.15) is 5.69 Å². The number of nitrogens with zero attached hydrogens (tertiary/aromatic N) is 2. The lowest BCUT2D eigenvalue weighted by molar-refractivity contribution is -0.389. The number of hydrogen-bond donors (Lipinski definition) is 2. The summed E-state index contributed by atoms with van der Waals surface area (Å²) >= 11 is 2.35. The van der Waals surface area contributed by atoms with Gasteiger partial charge in [0.2, 0.25) is 5.95 Å². The highest BCUT2D eigenvalue weighted by Gasteiger charge is 2.81. The summed E-state index contributed by atoms with van der Waals surface area (Å²) in [4.78, 5) is 28.4. The average Bonchev–Trinajstić information content (AvgIpc) is 2.92. The second-order valence-corrected chi connectivity index (χ2v) is 9.37. The van der Waals surface area contributed by atoms with Crippen LogP contribution in [0, 0.1) is 11.8 Å². The molecule has 2 amide bonds. The summed E-state index contributed by atoms with van der Waals surface area (Å²) in [6, 6.07) is 2.81. The minimum absolute atomic E-state index is 0.348. The van der Waals surface area contributed by atoms with Crippen LogP contribution in [0.2, 0.25) is 0 Å². The number of halogens is 14. The van der Waals surface area contributed by atoms with E-state index in [9.17, 15) is 67.5 Å². The van der Waals surface area contributed by atoms with Crippen molar-refractivity contribution >= 4 is 39.1 Å². The summed E-state index contributed by atoms with van der Waals surface area (Å²) in [6.45, 7) is -4.05. The maximum Gasteiger partial charge on any atom is 0.457 e. The number of carbonyl (C=O) groups is 2. The third-order valence-corrected chi connectivity index (χ3v) is 6.33. The molecule has 0 saturated carbocycles. The smallest absolute Gasteiger partial charge is 0.433 e. The largest absolute Gasteiger partial charge is 0.457 e. The molecule has 0 fully saturated rings. The van der Waals surface area contributed by atoms with Gasteiger partial charge in [-0.1, -0.05) is 6.07 Å². The molecule has 45 heavy (non-hydrogen) atoms. The van der Waals surface area contributed by atoms with Crippen molar-refractivity contribution in [1.29, 1.82) is 0 Å². The van der Waals surface area contributed by atoms with E-state index in [1.54, 1.807) is 5.32 Å². The Kier molecular flexibility index (Phi) is 9.69. The van der Waals surface area contributed by atoms with E-state index in [-0.39, 0.29) is 11.1 Å². The number of amides is 2. The fraction of sp³-hybridized carbons (Fsp3) is 0.208. The average molecular weight is 732 g/mol. The molecule has 3 aromatic rings. The first-order chi connectivity index (χ1) is 20.5.